The van der Waals surface area contributed by atoms with E-state index in [1.165, 1.54) is 14.2 Å². The van der Waals surface area contributed by atoms with Crippen LogP contribution in [0.25, 0.3) is 11.4 Å². The summed E-state index contributed by atoms with van der Waals surface area (Å²) in [4.78, 5) is 12.4. The molecular formula is C12H13N3O2. The summed E-state index contributed by atoms with van der Waals surface area (Å²) in [7, 11) is 3.02. The van der Waals surface area contributed by atoms with Crippen LogP contribution in [0.5, 0.6) is 12.0 Å². The minimum atomic E-state index is 0.245. The Hall–Kier alpha value is -2.17. The van der Waals surface area contributed by atoms with Crippen LogP contribution in [0.3, 0.4) is 0 Å². The lowest BCUT2D eigenvalue weighted by Crippen LogP contribution is -2.01. The fourth-order valence-corrected chi connectivity index (χ4v) is 1.46. The van der Waals surface area contributed by atoms with Gasteiger partial charge in [-0.05, 0) is 12.5 Å². The predicted molar refractivity (Wildman–Crippen MR) is 63.1 cm³/mol. The van der Waals surface area contributed by atoms with Crippen molar-refractivity contribution in [3.05, 3.63) is 29.8 Å². The molecule has 0 spiro atoms. The molecule has 88 valence electrons. The topological polar surface area (TPSA) is 57.1 Å². The fraction of sp³-hybridized carbons (Fsp3) is 0.250. The molecule has 17 heavy (non-hydrogen) atoms. The van der Waals surface area contributed by atoms with Gasteiger partial charge in [0.1, 0.15) is 0 Å². The molecule has 0 amide bonds. The maximum absolute atomic E-state index is 5.02. The predicted octanol–water partition coefficient (Wildman–Crippen LogP) is 1.86. The summed E-state index contributed by atoms with van der Waals surface area (Å²) in [5.74, 6) is 0.548. The van der Waals surface area contributed by atoms with Gasteiger partial charge in [0.05, 0.1) is 14.2 Å². The summed E-state index contributed by atoms with van der Waals surface area (Å²) in [6.45, 7) is 2.00. The Bertz CT molecular complexity index is 507. The monoisotopic (exact) mass is 231 g/mol. The number of rotatable bonds is 3. The first-order valence-corrected chi connectivity index (χ1v) is 5.14. The van der Waals surface area contributed by atoms with Crippen LogP contribution in [0.4, 0.5) is 0 Å². The molecule has 1 aromatic carbocycles. The first kappa shape index (κ1) is 11.3. The van der Waals surface area contributed by atoms with Gasteiger partial charge in [-0.1, -0.05) is 24.3 Å². The van der Waals surface area contributed by atoms with Crippen molar-refractivity contribution in [3.63, 3.8) is 0 Å². The van der Waals surface area contributed by atoms with Gasteiger partial charge in [-0.25, -0.2) is 0 Å². The highest BCUT2D eigenvalue weighted by Crippen LogP contribution is 2.22. The van der Waals surface area contributed by atoms with Crippen LogP contribution in [0.2, 0.25) is 0 Å². The number of ether oxygens (including phenoxy) is 2. The minimum Gasteiger partial charge on any atom is -0.467 e. The minimum absolute atomic E-state index is 0.245. The summed E-state index contributed by atoms with van der Waals surface area (Å²) < 4.78 is 10.0. The molecular weight excluding hydrogens is 218 g/mol. The second-order valence-corrected chi connectivity index (χ2v) is 3.45. The molecule has 0 N–H and O–H groups in total. The molecule has 0 aliphatic heterocycles. The van der Waals surface area contributed by atoms with Crippen molar-refractivity contribution < 1.29 is 9.47 Å². The average Bonchev–Trinajstić information content (AvgIpc) is 2.38. The third-order valence-electron chi connectivity index (χ3n) is 2.35. The number of aryl methyl sites for hydroxylation is 1. The summed E-state index contributed by atoms with van der Waals surface area (Å²) in [6, 6.07) is 8.34. The van der Waals surface area contributed by atoms with Crippen molar-refractivity contribution in [2.75, 3.05) is 14.2 Å². The van der Waals surface area contributed by atoms with Gasteiger partial charge in [-0.15, -0.1) is 4.98 Å². The van der Waals surface area contributed by atoms with Gasteiger partial charge in [0.15, 0.2) is 5.82 Å². The molecule has 2 aromatic rings. The van der Waals surface area contributed by atoms with Crippen molar-refractivity contribution in [2.45, 2.75) is 6.92 Å². The molecule has 0 saturated heterocycles. The van der Waals surface area contributed by atoms with Gasteiger partial charge in [-0.3, -0.25) is 0 Å². The molecule has 0 saturated carbocycles. The number of hydrogen-bond donors (Lipinski definition) is 0. The molecule has 0 bridgehead atoms. The van der Waals surface area contributed by atoms with Crippen molar-refractivity contribution in [2.24, 2.45) is 0 Å². The lowest BCUT2D eigenvalue weighted by Gasteiger charge is -2.06. The first-order chi connectivity index (χ1) is 8.24. The molecule has 0 unspecified atom stereocenters. The van der Waals surface area contributed by atoms with E-state index in [1.54, 1.807) is 0 Å². The van der Waals surface area contributed by atoms with Crippen LogP contribution in [0, 0.1) is 6.92 Å². The van der Waals surface area contributed by atoms with Crippen molar-refractivity contribution >= 4 is 0 Å². The second-order valence-electron chi connectivity index (χ2n) is 3.45. The Morgan fingerprint density at radius 2 is 1.47 bits per heavy atom. The lowest BCUT2D eigenvalue weighted by atomic mass is 10.1. The number of nitrogens with zero attached hydrogens (tertiary/aromatic N) is 3. The standard InChI is InChI=1S/C12H13N3O2/c1-8-6-4-5-7-9(8)10-13-11(16-2)15-12(14-10)17-3/h4-7H,1-3H3. The molecule has 0 aliphatic rings. The maximum atomic E-state index is 5.02. The number of benzene rings is 1. The van der Waals surface area contributed by atoms with Crippen molar-refractivity contribution in [1.82, 2.24) is 15.0 Å². The zero-order valence-corrected chi connectivity index (χ0v) is 9.97. The first-order valence-electron chi connectivity index (χ1n) is 5.14. The van der Waals surface area contributed by atoms with E-state index in [4.69, 9.17) is 9.47 Å². The van der Waals surface area contributed by atoms with Crippen LogP contribution in [-0.2, 0) is 0 Å². The zero-order chi connectivity index (χ0) is 12.3. The molecule has 0 atom stereocenters. The zero-order valence-electron chi connectivity index (χ0n) is 9.97. The summed E-state index contributed by atoms with van der Waals surface area (Å²) in [5.41, 5.74) is 2.02. The van der Waals surface area contributed by atoms with E-state index in [0.29, 0.717) is 5.82 Å². The van der Waals surface area contributed by atoms with Crippen LogP contribution in [0.15, 0.2) is 24.3 Å². The van der Waals surface area contributed by atoms with Gasteiger partial charge in [0.25, 0.3) is 0 Å². The summed E-state index contributed by atoms with van der Waals surface area (Å²) >= 11 is 0. The lowest BCUT2D eigenvalue weighted by molar-refractivity contribution is 0.341. The highest BCUT2D eigenvalue weighted by atomic mass is 16.5. The Morgan fingerprint density at radius 3 is 2.00 bits per heavy atom. The van der Waals surface area contributed by atoms with E-state index in [2.05, 4.69) is 15.0 Å². The van der Waals surface area contributed by atoms with Crippen molar-refractivity contribution in [1.29, 1.82) is 0 Å². The van der Waals surface area contributed by atoms with Gasteiger partial charge >= 0.3 is 12.0 Å². The Labute approximate surface area is 99.5 Å². The largest absolute Gasteiger partial charge is 0.467 e. The number of hydrogen-bond acceptors (Lipinski definition) is 5. The Morgan fingerprint density at radius 1 is 0.882 bits per heavy atom. The molecule has 5 nitrogen and oxygen atoms in total. The highest BCUT2D eigenvalue weighted by Gasteiger charge is 2.10. The third kappa shape index (κ3) is 2.33. The van der Waals surface area contributed by atoms with Crippen LogP contribution < -0.4 is 9.47 Å². The molecule has 0 fully saturated rings. The molecule has 2 rings (SSSR count). The van der Waals surface area contributed by atoms with Crippen LogP contribution in [-0.4, -0.2) is 29.2 Å². The molecule has 0 aliphatic carbocycles. The highest BCUT2D eigenvalue weighted by molar-refractivity contribution is 5.59. The second kappa shape index (κ2) is 4.78. The van der Waals surface area contributed by atoms with Gasteiger partial charge in [0.2, 0.25) is 0 Å². The number of aromatic nitrogens is 3. The maximum Gasteiger partial charge on any atom is 0.322 e. The number of methoxy groups -OCH3 is 2. The molecule has 5 heteroatoms. The summed E-state index contributed by atoms with van der Waals surface area (Å²) in [5, 5.41) is 0. The van der Waals surface area contributed by atoms with Gasteiger partial charge < -0.3 is 9.47 Å². The van der Waals surface area contributed by atoms with E-state index < -0.39 is 0 Å². The van der Waals surface area contributed by atoms with E-state index in [9.17, 15) is 0 Å². The van der Waals surface area contributed by atoms with Crippen LogP contribution in [0.1, 0.15) is 5.56 Å². The fourth-order valence-electron chi connectivity index (χ4n) is 1.46. The smallest absolute Gasteiger partial charge is 0.322 e. The molecule has 0 radical (unpaired) electrons. The van der Waals surface area contributed by atoms with Gasteiger partial charge in [-0.2, -0.15) is 9.97 Å². The molecule has 1 aromatic heterocycles. The van der Waals surface area contributed by atoms with Crippen LogP contribution >= 0.6 is 0 Å². The summed E-state index contributed by atoms with van der Waals surface area (Å²) in [6.07, 6.45) is 0. The third-order valence-corrected chi connectivity index (χ3v) is 2.35. The normalized spacial score (nSPS) is 10.1. The van der Waals surface area contributed by atoms with E-state index in [0.717, 1.165) is 11.1 Å². The Kier molecular flexibility index (Phi) is 3.18. The Balaban J connectivity index is 2.55. The van der Waals surface area contributed by atoms with Crippen molar-refractivity contribution in [3.8, 4) is 23.4 Å². The average molecular weight is 231 g/mol. The molecule has 1 heterocycles. The van der Waals surface area contributed by atoms with E-state index in [1.807, 2.05) is 31.2 Å². The quantitative estimate of drug-likeness (QED) is 0.807. The van der Waals surface area contributed by atoms with E-state index in [-0.39, 0.29) is 12.0 Å². The van der Waals surface area contributed by atoms with Gasteiger partial charge in [0, 0.05) is 5.56 Å². The van der Waals surface area contributed by atoms with E-state index >= 15 is 0 Å². The SMILES string of the molecule is COc1nc(OC)nc(-c2ccccc2C)n1.